The van der Waals surface area contributed by atoms with E-state index in [1.54, 1.807) is 12.1 Å². The van der Waals surface area contributed by atoms with E-state index in [0.717, 1.165) is 12.8 Å². The molecule has 2 saturated heterocycles. The second-order valence-corrected chi connectivity index (χ2v) is 8.05. The number of anilines is 1. The first-order valence-electron chi connectivity index (χ1n) is 10.2. The summed E-state index contributed by atoms with van der Waals surface area (Å²) in [6.07, 6.45) is 16.1. The maximum Gasteiger partial charge on any atom is 0.292 e. The van der Waals surface area contributed by atoms with Crippen molar-refractivity contribution in [3.8, 4) is 0 Å². The van der Waals surface area contributed by atoms with Crippen molar-refractivity contribution in [2.24, 2.45) is 0 Å². The molecule has 0 spiro atoms. The van der Waals surface area contributed by atoms with Gasteiger partial charge in [0.15, 0.2) is 0 Å². The first kappa shape index (κ1) is 17.5. The molecule has 3 atom stereocenters. The summed E-state index contributed by atoms with van der Waals surface area (Å²) in [5.74, 6) is 0. The average Bonchev–Trinajstić information content (AvgIpc) is 2.86. The summed E-state index contributed by atoms with van der Waals surface area (Å²) >= 11 is 0. The van der Waals surface area contributed by atoms with E-state index in [2.05, 4.69) is 22.4 Å². The van der Waals surface area contributed by atoms with Gasteiger partial charge in [-0.25, -0.2) is 0 Å². The highest BCUT2D eigenvalue weighted by molar-refractivity contribution is 5.61. The number of piperidine rings is 1. The van der Waals surface area contributed by atoms with E-state index in [1.807, 2.05) is 12.1 Å². The predicted molar refractivity (Wildman–Crippen MR) is 104 cm³/mol. The monoisotopic (exact) mass is 355 g/mol. The Bertz CT molecular complexity index is 661. The molecule has 2 aliphatic heterocycles. The van der Waals surface area contributed by atoms with Crippen molar-refractivity contribution in [2.75, 3.05) is 5.32 Å². The Morgan fingerprint density at radius 3 is 2.58 bits per heavy atom. The van der Waals surface area contributed by atoms with E-state index in [9.17, 15) is 10.1 Å². The maximum absolute atomic E-state index is 11.3. The molecule has 0 saturated carbocycles. The third-order valence-electron chi connectivity index (χ3n) is 6.36. The van der Waals surface area contributed by atoms with Crippen molar-refractivity contribution >= 4 is 11.4 Å². The first-order chi connectivity index (χ1) is 12.7. The van der Waals surface area contributed by atoms with Gasteiger partial charge in [-0.05, 0) is 51.0 Å². The van der Waals surface area contributed by atoms with Crippen LogP contribution < -0.4 is 5.32 Å². The molecule has 1 aromatic rings. The number of nitrogens with zero attached hydrogens (tertiary/aromatic N) is 2. The summed E-state index contributed by atoms with van der Waals surface area (Å²) in [7, 11) is 0. The summed E-state index contributed by atoms with van der Waals surface area (Å²) in [5.41, 5.74) is 0.853. The Labute approximate surface area is 155 Å². The molecule has 5 nitrogen and oxygen atoms in total. The smallest absolute Gasteiger partial charge is 0.292 e. The number of nitrogens with one attached hydrogen (secondary N) is 1. The molecule has 2 bridgehead atoms. The van der Waals surface area contributed by atoms with E-state index in [1.165, 1.54) is 44.9 Å². The number of hydrogen-bond donors (Lipinski definition) is 1. The normalized spacial score (nSPS) is 32.0. The lowest BCUT2D eigenvalue weighted by Gasteiger charge is -2.43. The third-order valence-corrected chi connectivity index (χ3v) is 6.36. The topological polar surface area (TPSA) is 58.4 Å². The van der Waals surface area contributed by atoms with Crippen molar-refractivity contribution in [1.82, 2.24) is 4.90 Å². The molecule has 3 unspecified atom stereocenters. The van der Waals surface area contributed by atoms with E-state index in [0.29, 0.717) is 29.9 Å². The molecule has 140 valence electrons. The molecule has 0 radical (unpaired) electrons. The molecule has 1 aliphatic carbocycles. The molecular formula is C21H29N3O2. The maximum atomic E-state index is 11.3. The van der Waals surface area contributed by atoms with Gasteiger partial charge in [0.2, 0.25) is 0 Å². The molecule has 2 fully saturated rings. The summed E-state index contributed by atoms with van der Waals surface area (Å²) in [6, 6.07) is 9.19. The summed E-state index contributed by atoms with van der Waals surface area (Å²) in [5, 5.41) is 14.8. The minimum atomic E-state index is -0.286. The quantitative estimate of drug-likeness (QED) is 0.474. The van der Waals surface area contributed by atoms with Gasteiger partial charge in [-0.3, -0.25) is 15.0 Å². The Morgan fingerprint density at radius 2 is 1.81 bits per heavy atom. The summed E-state index contributed by atoms with van der Waals surface area (Å²) in [4.78, 5) is 13.8. The van der Waals surface area contributed by atoms with Crippen LogP contribution in [-0.2, 0) is 0 Å². The lowest BCUT2D eigenvalue weighted by molar-refractivity contribution is -0.384. The van der Waals surface area contributed by atoms with E-state index < -0.39 is 0 Å². The minimum absolute atomic E-state index is 0.185. The fourth-order valence-corrected chi connectivity index (χ4v) is 5.24. The van der Waals surface area contributed by atoms with Gasteiger partial charge in [0.1, 0.15) is 5.69 Å². The summed E-state index contributed by atoms with van der Waals surface area (Å²) < 4.78 is 0. The van der Waals surface area contributed by atoms with Crippen LogP contribution in [0.15, 0.2) is 36.4 Å². The number of nitro benzene ring substituents is 1. The van der Waals surface area contributed by atoms with Gasteiger partial charge < -0.3 is 5.32 Å². The lowest BCUT2D eigenvalue weighted by Crippen LogP contribution is -2.51. The van der Waals surface area contributed by atoms with Crippen molar-refractivity contribution in [3.05, 3.63) is 46.5 Å². The molecule has 0 amide bonds. The number of allylic oxidation sites excluding steroid dienone is 1. The number of benzene rings is 1. The average molecular weight is 355 g/mol. The van der Waals surface area contributed by atoms with Crippen LogP contribution >= 0.6 is 0 Å². The standard InChI is InChI=1S/C21H29N3O2/c25-24(26)21-11-7-6-10-20(21)22-16-14-18-12-13-19(15-16)23(18)17-8-4-2-1-3-5-9-17/h4,6-8,10-11,16-19,22H,1-3,5,9,12-15H2. The van der Waals surface area contributed by atoms with Gasteiger partial charge in [0, 0.05) is 30.2 Å². The van der Waals surface area contributed by atoms with Crippen LogP contribution in [0, 0.1) is 10.1 Å². The van der Waals surface area contributed by atoms with Crippen molar-refractivity contribution in [1.29, 1.82) is 0 Å². The fourth-order valence-electron chi connectivity index (χ4n) is 5.24. The van der Waals surface area contributed by atoms with Crippen LogP contribution in [0.3, 0.4) is 0 Å². The largest absolute Gasteiger partial charge is 0.377 e. The summed E-state index contributed by atoms with van der Waals surface area (Å²) in [6.45, 7) is 0. The van der Waals surface area contributed by atoms with Crippen molar-refractivity contribution in [2.45, 2.75) is 82.0 Å². The second kappa shape index (κ2) is 7.78. The van der Waals surface area contributed by atoms with E-state index in [-0.39, 0.29) is 10.6 Å². The Hall–Kier alpha value is -1.88. The van der Waals surface area contributed by atoms with Crippen LogP contribution in [0.1, 0.15) is 57.8 Å². The number of para-hydroxylation sites is 2. The van der Waals surface area contributed by atoms with E-state index >= 15 is 0 Å². The molecule has 26 heavy (non-hydrogen) atoms. The molecule has 4 rings (SSSR count). The molecule has 0 aromatic heterocycles. The molecular weight excluding hydrogens is 326 g/mol. The van der Waals surface area contributed by atoms with Crippen LogP contribution in [0.5, 0.6) is 0 Å². The molecule has 3 aliphatic rings. The number of hydrogen-bond acceptors (Lipinski definition) is 4. The number of nitro groups is 1. The molecule has 1 aromatic carbocycles. The highest BCUT2D eigenvalue weighted by Gasteiger charge is 2.43. The van der Waals surface area contributed by atoms with Crippen LogP contribution in [0.25, 0.3) is 0 Å². The van der Waals surface area contributed by atoms with Gasteiger partial charge in [-0.15, -0.1) is 0 Å². The number of rotatable bonds is 4. The van der Waals surface area contributed by atoms with Crippen LogP contribution in [0.2, 0.25) is 0 Å². The Balaban J connectivity index is 1.45. The Morgan fingerprint density at radius 1 is 1.04 bits per heavy atom. The van der Waals surface area contributed by atoms with Gasteiger partial charge in [0.05, 0.1) is 4.92 Å². The van der Waals surface area contributed by atoms with Gasteiger partial charge >= 0.3 is 0 Å². The zero-order chi connectivity index (χ0) is 17.9. The van der Waals surface area contributed by atoms with Crippen molar-refractivity contribution < 1.29 is 4.92 Å². The van der Waals surface area contributed by atoms with Crippen LogP contribution in [0.4, 0.5) is 11.4 Å². The Kier molecular flexibility index (Phi) is 5.25. The highest BCUT2D eigenvalue weighted by atomic mass is 16.6. The fraction of sp³-hybridized carbons (Fsp3) is 0.619. The van der Waals surface area contributed by atoms with E-state index in [4.69, 9.17) is 0 Å². The van der Waals surface area contributed by atoms with Gasteiger partial charge in [0.25, 0.3) is 5.69 Å². The number of fused-ring (bicyclic) bond motifs is 2. The highest BCUT2D eigenvalue weighted by Crippen LogP contribution is 2.40. The zero-order valence-corrected chi connectivity index (χ0v) is 15.3. The molecule has 2 heterocycles. The van der Waals surface area contributed by atoms with Gasteiger partial charge in [-0.1, -0.05) is 37.1 Å². The first-order valence-corrected chi connectivity index (χ1v) is 10.2. The van der Waals surface area contributed by atoms with Gasteiger partial charge in [-0.2, -0.15) is 0 Å². The van der Waals surface area contributed by atoms with Crippen LogP contribution in [-0.4, -0.2) is 34.0 Å². The zero-order valence-electron chi connectivity index (χ0n) is 15.3. The lowest BCUT2D eigenvalue weighted by atomic mass is 9.92. The third kappa shape index (κ3) is 3.63. The minimum Gasteiger partial charge on any atom is -0.377 e. The SMILES string of the molecule is O=[N+]([O-])c1ccccc1NC1CC2CCC(C1)N2C1C=CCCCCC1. The molecule has 1 N–H and O–H groups in total. The second-order valence-electron chi connectivity index (χ2n) is 8.05. The van der Waals surface area contributed by atoms with Crippen molar-refractivity contribution in [3.63, 3.8) is 0 Å². The molecule has 5 heteroatoms. The predicted octanol–water partition coefficient (Wildman–Crippen LogP) is 4.89.